The van der Waals surface area contributed by atoms with Gasteiger partial charge in [0.15, 0.2) is 16.8 Å². The molecule has 0 saturated heterocycles. The zero-order chi connectivity index (χ0) is 11.7. The van der Waals surface area contributed by atoms with Gasteiger partial charge in [-0.3, -0.25) is 4.98 Å². The van der Waals surface area contributed by atoms with Crippen molar-refractivity contribution in [2.24, 2.45) is 0 Å². The lowest BCUT2D eigenvalue weighted by molar-refractivity contribution is 0.603. The van der Waals surface area contributed by atoms with Crippen LogP contribution >= 0.6 is 11.6 Å². The standard InChI is InChI=1S/C11H9ClFN3/c1-6-3-4-14-8(5-6)11-15-7(2)9(13)10(12)16-11/h3-5H,1-2H3. The van der Waals surface area contributed by atoms with Crippen LogP contribution in [0, 0.1) is 19.7 Å². The van der Waals surface area contributed by atoms with Crippen molar-refractivity contribution < 1.29 is 4.39 Å². The molecule has 0 atom stereocenters. The van der Waals surface area contributed by atoms with Crippen LogP contribution < -0.4 is 0 Å². The van der Waals surface area contributed by atoms with Crippen molar-refractivity contribution in [1.29, 1.82) is 0 Å². The van der Waals surface area contributed by atoms with E-state index >= 15 is 0 Å². The molecule has 0 aliphatic rings. The molecule has 5 heteroatoms. The van der Waals surface area contributed by atoms with E-state index in [1.807, 2.05) is 19.1 Å². The summed E-state index contributed by atoms with van der Waals surface area (Å²) in [5.74, 6) is -0.245. The first kappa shape index (κ1) is 11.0. The Morgan fingerprint density at radius 1 is 1.25 bits per heavy atom. The maximum absolute atomic E-state index is 13.2. The van der Waals surface area contributed by atoms with E-state index in [9.17, 15) is 4.39 Å². The van der Waals surface area contributed by atoms with Crippen molar-refractivity contribution in [3.05, 3.63) is 40.6 Å². The summed E-state index contributed by atoms with van der Waals surface area (Å²) in [6.07, 6.45) is 1.65. The Balaban J connectivity index is 2.57. The monoisotopic (exact) mass is 237 g/mol. The molecule has 0 spiro atoms. The van der Waals surface area contributed by atoms with Crippen LogP contribution in [0.3, 0.4) is 0 Å². The zero-order valence-electron chi connectivity index (χ0n) is 8.83. The number of halogens is 2. The van der Waals surface area contributed by atoms with E-state index in [1.54, 1.807) is 13.1 Å². The summed E-state index contributed by atoms with van der Waals surface area (Å²) in [6, 6.07) is 3.69. The van der Waals surface area contributed by atoms with E-state index in [0.29, 0.717) is 11.5 Å². The molecule has 0 saturated carbocycles. The van der Waals surface area contributed by atoms with Gasteiger partial charge in [-0.1, -0.05) is 11.6 Å². The van der Waals surface area contributed by atoms with E-state index < -0.39 is 5.82 Å². The molecule has 0 aliphatic heterocycles. The largest absolute Gasteiger partial charge is 0.253 e. The molecule has 0 radical (unpaired) electrons. The van der Waals surface area contributed by atoms with E-state index in [2.05, 4.69) is 15.0 Å². The van der Waals surface area contributed by atoms with Gasteiger partial charge in [-0.25, -0.2) is 14.4 Å². The van der Waals surface area contributed by atoms with Gasteiger partial charge >= 0.3 is 0 Å². The van der Waals surface area contributed by atoms with Gasteiger partial charge in [-0.15, -0.1) is 0 Å². The molecule has 0 N–H and O–H groups in total. The number of hydrogen-bond donors (Lipinski definition) is 0. The number of pyridine rings is 1. The maximum Gasteiger partial charge on any atom is 0.181 e. The second kappa shape index (κ2) is 4.14. The lowest BCUT2D eigenvalue weighted by Gasteiger charge is -2.03. The molecular formula is C11H9ClFN3. The SMILES string of the molecule is Cc1ccnc(-c2nc(C)c(F)c(Cl)n2)c1. The van der Waals surface area contributed by atoms with E-state index in [4.69, 9.17) is 11.6 Å². The summed E-state index contributed by atoms with van der Waals surface area (Å²) in [4.78, 5) is 12.0. The molecule has 82 valence electrons. The van der Waals surface area contributed by atoms with Crippen LogP contribution in [0.1, 0.15) is 11.3 Å². The summed E-state index contributed by atoms with van der Waals surface area (Å²) in [5.41, 5.74) is 1.84. The van der Waals surface area contributed by atoms with Gasteiger partial charge in [-0.05, 0) is 31.5 Å². The van der Waals surface area contributed by atoms with Crippen molar-refractivity contribution in [1.82, 2.24) is 15.0 Å². The van der Waals surface area contributed by atoms with Gasteiger partial charge in [0.25, 0.3) is 0 Å². The smallest absolute Gasteiger partial charge is 0.181 e. The van der Waals surface area contributed by atoms with Gasteiger partial charge in [0.2, 0.25) is 0 Å². The quantitative estimate of drug-likeness (QED) is 0.716. The highest BCUT2D eigenvalue weighted by Crippen LogP contribution is 2.19. The number of hydrogen-bond acceptors (Lipinski definition) is 3. The maximum atomic E-state index is 13.2. The number of aryl methyl sites for hydroxylation is 2. The van der Waals surface area contributed by atoms with Crippen LogP contribution in [0.5, 0.6) is 0 Å². The fourth-order valence-electron chi connectivity index (χ4n) is 1.30. The van der Waals surface area contributed by atoms with E-state index in [1.165, 1.54) is 0 Å². The average Bonchev–Trinajstić information content (AvgIpc) is 2.25. The van der Waals surface area contributed by atoms with Gasteiger partial charge in [0, 0.05) is 6.20 Å². The second-order valence-electron chi connectivity index (χ2n) is 3.46. The Morgan fingerprint density at radius 3 is 2.62 bits per heavy atom. The topological polar surface area (TPSA) is 38.7 Å². The molecule has 2 aromatic rings. The number of nitrogens with zero attached hydrogens (tertiary/aromatic N) is 3. The summed E-state index contributed by atoms with van der Waals surface area (Å²) < 4.78 is 13.2. The minimum absolute atomic E-state index is 0.175. The number of aromatic nitrogens is 3. The summed E-state index contributed by atoms with van der Waals surface area (Å²) >= 11 is 5.65. The average molecular weight is 238 g/mol. The first-order valence-corrected chi connectivity index (χ1v) is 5.08. The van der Waals surface area contributed by atoms with Crippen molar-refractivity contribution in [2.75, 3.05) is 0 Å². The lowest BCUT2D eigenvalue weighted by atomic mass is 10.2. The molecule has 0 aliphatic carbocycles. The zero-order valence-corrected chi connectivity index (χ0v) is 9.59. The molecule has 2 heterocycles. The van der Waals surface area contributed by atoms with Crippen LogP contribution in [-0.4, -0.2) is 15.0 Å². The van der Waals surface area contributed by atoms with Crippen LogP contribution in [0.4, 0.5) is 4.39 Å². The number of rotatable bonds is 1. The fourth-order valence-corrected chi connectivity index (χ4v) is 1.51. The van der Waals surface area contributed by atoms with Crippen molar-refractivity contribution in [2.45, 2.75) is 13.8 Å². The van der Waals surface area contributed by atoms with E-state index in [-0.39, 0.29) is 10.8 Å². The Kier molecular flexibility index (Phi) is 2.83. The molecule has 0 aromatic carbocycles. The Hall–Kier alpha value is -1.55. The predicted molar refractivity (Wildman–Crippen MR) is 59.7 cm³/mol. The highest BCUT2D eigenvalue weighted by molar-refractivity contribution is 6.29. The molecule has 3 nitrogen and oxygen atoms in total. The summed E-state index contributed by atoms with van der Waals surface area (Å²) in [5, 5.41) is -0.175. The Morgan fingerprint density at radius 2 is 2.00 bits per heavy atom. The van der Waals surface area contributed by atoms with Gasteiger partial charge < -0.3 is 0 Å². The molecule has 0 bridgehead atoms. The minimum atomic E-state index is -0.585. The predicted octanol–water partition coefficient (Wildman–Crippen LogP) is 2.95. The molecule has 2 aromatic heterocycles. The Bertz CT molecular complexity index is 519. The molecular weight excluding hydrogens is 229 g/mol. The van der Waals surface area contributed by atoms with Crippen LogP contribution in [0.2, 0.25) is 5.15 Å². The molecule has 0 amide bonds. The van der Waals surface area contributed by atoms with Crippen molar-refractivity contribution in [3.63, 3.8) is 0 Å². The van der Waals surface area contributed by atoms with Gasteiger partial charge in [-0.2, -0.15) is 0 Å². The minimum Gasteiger partial charge on any atom is -0.253 e. The fraction of sp³-hybridized carbons (Fsp3) is 0.182. The third-order valence-corrected chi connectivity index (χ3v) is 2.37. The molecule has 0 fully saturated rings. The third kappa shape index (κ3) is 2.02. The Labute approximate surface area is 97.3 Å². The summed E-state index contributed by atoms with van der Waals surface area (Å²) in [7, 11) is 0. The lowest BCUT2D eigenvalue weighted by Crippen LogP contribution is -1.98. The summed E-state index contributed by atoms with van der Waals surface area (Å²) in [6.45, 7) is 3.48. The van der Waals surface area contributed by atoms with Crippen molar-refractivity contribution in [3.8, 4) is 11.5 Å². The van der Waals surface area contributed by atoms with Crippen LogP contribution in [-0.2, 0) is 0 Å². The van der Waals surface area contributed by atoms with Gasteiger partial charge in [0.1, 0.15) is 5.69 Å². The normalized spacial score (nSPS) is 10.5. The van der Waals surface area contributed by atoms with Gasteiger partial charge in [0.05, 0.1) is 5.69 Å². The molecule has 16 heavy (non-hydrogen) atoms. The highest BCUT2D eigenvalue weighted by atomic mass is 35.5. The van der Waals surface area contributed by atoms with E-state index in [0.717, 1.165) is 5.56 Å². The van der Waals surface area contributed by atoms with Crippen molar-refractivity contribution >= 4 is 11.6 Å². The highest BCUT2D eigenvalue weighted by Gasteiger charge is 2.11. The van der Waals surface area contributed by atoms with Crippen LogP contribution in [0.15, 0.2) is 18.3 Å². The first-order valence-electron chi connectivity index (χ1n) is 4.70. The third-order valence-electron chi connectivity index (χ3n) is 2.12. The van der Waals surface area contributed by atoms with Crippen LogP contribution in [0.25, 0.3) is 11.5 Å². The molecule has 2 rings (SSSR count). The molecule has 0 unspecified atom stereocenters. The second-order valence-corrected chi connectivity index (χ2v) is 3.81. The first-order chi connectivity index (χ1) is 7.58.